The molecule has 0 fully saturated rings. The van der Waals surface area contributed by atoms with E-state index in [1.807, 2.05) is 49.4 Å². The molecule has 7 nitrogen and oxygen atoms in total. The minimum atomic E-state index is -3.95. The summed E-state index contributed by atoms with van der Waals surface area (Å²) in [6.45, 7) is 4.73. The van der Waals surface area contributed by atoms with Crippen LogP contribution in [0.1, 0.15) is 22.8 Å². The number of methoxy groups -OCH3 is 1. The normalized spacial score (nSPS) is 11.5. The number of rotatable bonds is 7. The SMILES string of the molecule is CCn1c2ccccc2c2cc(NS(=O)(=O)c3ccc(OC)c(NC(=O)c4ccccc4C)c3)ccc21. The molecule has 1 aromatic heterocycles. The summed E-state index contributed by atoms with van der Waals surface area (Å²) >= 11 is 0. The quantitative estimate of drug-likeness (QED) is 0.272. The molecule has 0 unspecified atom stereocenters. The lowest BCUT2D eigenvalue weighted by molar-refractivity contribution is 0.102. The maximum atomic E-state index is 13.4. The van der Waals surface area contributed by atoms with Gasteiger partial charge in [0.25, 0.3) is 15.9 Å². The number of fused-ring (bicyclic) bond motifs is 3. The maximum absolute atomic E-state index is 13.4. The van der Waals surface area contributed by atoms with E-state index in [1.54, 1.807) is 18.2 Å². The number of sulfonamides is 1. The van der Waals surface area contributed by atoms with Crippen molar-refractivity contribution < 1.29 is 17.9 Å². The van der Waals surface area contributed by atoms with E-state index >= 15 is 0 Å². The molecule has 188 valence electrons. The van der Waals surface area contributed by atoms with E-state index in [1.165, 1.54) is 25.3 Å². The maximum Gasteiger partial charge on any atom is 0.261 e. The van der Waals surface area contributed by atoms with Gasteiger partial charge in [-0.2, -0.15) is 0 Å². The zero-order valence-corrected chi connectivity index (χ0v) is 21.6. The lowest BCUT2D eigenvalue weighted by Crippen LogP contribution is -2.16. The largest absolute Gasteiger partial charge is 0.495 e. The van der Waals surface area contributed by atoms with Crippen LogP contribution in [0.25, 0.3) is 21.8 Å². The van der Waals surface area contributed by atoms with Crippen molar-refractivity contribution in [1.82, 2.24) is 4.57 Å². The average molecular weight is 514 g/mol. The van der Waals surface area contributed by atoms with Gasteiger partial charge in [0.1, 0.15) is 5.75 Å². The molecule has 1 amide bonds. The first-order chi connectivity index (χ1) is 17.8. The van der Waals surface area contributed by atoms with Gasteiger partial charge in [-0.05, 0) is 67.9 Å². The zero-order valence-electron chi connectivity index (χ0n) is 20.8. The number of para-hydroxylation sites is 1. The Bertz CT molecular complexity index is 1760. The lowest BCUT2D eigenvalue weighted by atomic mass is 10.1. The third-order valence-electron chi connectivity index (χ3n) is 6.46. The number of nitrogens with one attached hydrogen (secondary N) is 2. The fraction of sp³-hybridized carbons (Fsp3) is 0.138. The van der Waals surface area contributed by atoms with E-state index in [0.717, 1.165) is 33.9 Å². The fourth-order valence-electron chi connectivity index (χ4n) is 4.64. The fourth-order valence-corrected chi connectivity index (χ4v) is 5.72. The number of anilines is 2. The summed E-state index contributed by atoms with van der Waals surface area (Å²) in [6.07, 6.45) is 0. The summed E-state index contributed by atoms with van der Waals surface area (Å²) in [5.74, 6) is 0.00588. The van der Waals surface area contributed by atoms with Gasteiger partial charge in [0.15, 0.2) is 0 Å². The van der Waals surface area contributed by atoms with Gasteiger partial charge in [0, 0.05) is 39.6 Å². The van der Waals surface area contributed by atoms with E-state index in [-0.39, 0.29) is 16.5 Å². The Labute approximate surface area is 215 Å². The molecule has 0 radical (unpaired) electrons. The first-order valence-electron chi connectivity index (χ1n) is 11.9. The van der Waals surface area contributed by atoms with Gasteiger partial charge in [-0.1, -0.05) is 36.4 Å². The Hall–Kier alpha value is -4.30. The van der Waals surface area contributed by atoms with Gasteiger partial charge in [0.05, 0.1) is 17.7 Å². The number of carbonyl (C=O) groups excluding carboxylic acids is 1. The van der Waals surface area contributed by atoms with Gasteiger partial charge in [-0.15, -0.1) is 0 Å². The zero-order chi connectivity index (χ0) is 26.2. The second-order valence-electron chi connectivity index (χ2n) is 8.73. The summed E-state index contributed by atoms with van der Waals surface area (Å²) in [4.78, 5) is 12.9. The van der Waals surface area contributed by atoms with Crippen LogP contribution in [0.15, 0.2) is 89.8 Å². The second kappa shape index (κ2) is 9.63. The molecule has 0 aliphatic carbocycles. The van der Waals surface area contributed by atoms with Crippen LogP contribution in [0.2, 0.25) is 0 Å². The molecule has 0 saturated heterocycles. The molecule has 0 bridgehead atoms. The molecular weight excluding hydrogens is 486 g/mol. The van der Waals surface area contributed by atoms with Crippen LogP contribution in [-0.4, -0.2) is 26.0 Å². The highest BCUT2D eigenvalue weighted by atomic mass is 32.2. The number of hydrogen-bond donors (Lipinski definition) is 2. The lowest BCUT2D eigenvalue weighted by Gasteiger charge is -2.14. The highest BCUT2D eigenvalue weighted by Gasteiger charge is 2.20. The minimum Gasteiger partial charge on any atom is -0.495 e. The molecule has 8 heteroatoms. The van der Waals surface area contributed by atoms with Gasteiger partial charge in [-0.25, -0.2) is 8.42 Å². The van der Waals surface area contributed by atoms with Crippen molar-refractivity contribution >= 4 is 49.1 Å². The van der Waals surface area contributed by atoms with Crippen molar-refractivity contribution in [3.8, 4) is 5.75 Å². The molecule has 0 aliphatic heterocycles. The van der Waals surface area contributed by atoms with E-state index in [4.69, 9.17) is 4.74 Å². The molecule has 0 aliphatic rings. The first kappa shape index (κ1) is 24.4. The third-order valence-corrected chi connectivity index (χ3v) is 7.84. The standard InChI is InChI=1S/C29H27N3O4S/c1-4-32-26-12-8-7-11-23(26)24-17-20(13-15-27(24)32)31-37(34,35)21-14-16-28(36-3)25(18-21)30-29(33)22-10-6-5-9-19(22)2/h5-18,31H,4H2,1-3H3,(H,30,33). The second-order valence-corrected chi connectivity index (χ2v) is 10.4. The van der Waals surface area contributed by atoms with E-state index in [9.17, 15) is 13.2 Å². The first-order valence-corrected chi connectivity index (χ1v) is 13.4. The molecule has 2 N–H and O–H groups in total. The summed E-state index contributed by atoms with van der Waals surface area (Å²) in [5.41, 5.74) is 4.16. The van der Waals surface area contributed by atoms with E-state index < -0.39 is 10.0 Å². The number of aromatic nitrogens is 1. The summed E-state index contributed by atoms with van der Waals surface area (Å²) in [5, 5.41) is 4.82. The summed E-state index contributed by atoms with van der Waals surface area (Å²) in [7, 11) is -2.49. The molecule has 37 heavy (non-hydrogen) atoms. The van der Waals surface area contributed by atoms with Crippen LogP contribution in [0.5, 0.6) is 5.75 Å². The number of hydrogen-bond acceptors (Lipinski definition) is 4. The summed E-state index contributed by atoms with van der Waals surface area (Å²) < 4.78 is 37.0. The molecular formula is C29H27N3O4S. The average Bonchev–Trinajstić information content (AvgIpc) is 3.21. The predicted octanol–water partition coefficient (Wildman–Crippen LogP) is 6.18. The van der Waals surface area contributed by atoms with Crippen LogP contribution in [-0.2, 0) is 16.6 Å². The predicted molar refractivity (Wildman–Crippen MR) is 148 cm³/mol. The Morgan fingerprint density at radius 2 is 1.62 bits per heavy atom. The Morgan fingerprint density at radius 1 is 0.892 bits per heavy atom. The smallest absolute Gasteiger partial charge is 0.261 e. The van der Waals surface area contributed by atoms with Crippen molar-refractivity contribution in [3.63, 3.8) is 0 Å². The Kier molecular flexibility index (Phi) is 6.35. The van der Waals surface area contributed by atoms with Crippen molar-refractivity contribution in [2.75, 3.05) is 17.1 Å². The number of nitrogens with zero attached hydrogens (tertiary/aromatic N) is 1. The number of amides is 1. The van der Waals surface area contributed by atoms with Gasteiger partial charge < -0.3 is 14.6 Å². The van der Waals surface area contributed by atoms with Crippen LogP contribution in [0.4, 0.5) is 11.4 Å². The molecule has 0 atom stereocenters. The van der Waals surface area contributed by atoms with E-state index in [0.29, 0.717) is 17.0 Å². The number of aryl methyl sites for hydroxylation is 2. The molecule has 0 spiro atoms. The Morgan fingerprint density at radius 3 is 2.38 bits per heavy atom. The highest BCUT2D eigenvalue weighted by Crippen LogP contribution is 2.33. The van der Waals surface area contributed by atoms with Crippen molar-refractivity contribution in [3.05, 3.63) is 96.1 Å². The topological polar surface area (TPSA) is 89.4 Å². The number of benzene rings is 4. The van der Waals surface area contributed by atoms with Crippen LogP contribution >= 0.6 is 0 Å². The molecule has 5 aromatic rings. The van der Waals surface area contributed by atoms with Gasteiger partial charge >= 0.3 is 0 Å². The number of carbonyl (C=O) groups is 1. The van der Waals surface area contributed by atoms with Gasteiger partial charge in [-0.3, -0.25) is 9.52 Å². The molecule has 4 aromatic carbocycles. The molecule has 5 rings (SSSR count). The minimum absolute atomic E-state index is 0.00414. The highest BCUT2D eigenvalue weighted by molar-refractivity contribution is 7.92. The van der Waals surface area contributed by atoms with Gasteiger partial charge in [0.2, 0.25) is 0 Å². The molecule has 1 heterocycles. The third kappa shape index (κ3) is 4.51. The van der Waals surface area contributed by atoms with Crippen LogP contribution in [0.3, 0.4) is 0 Å². The van der Waals surface area contributed by atoms with Crippen molar-refractivity contribution in [2.45, 2.75) is 25.3 Å². The summed E-state index contributed by atoms with van der Waals surface area (Å²) in [6, 6.07) is 25.2. The Balaban J connectivity index is 1.48. The van der Waals surface area contributed by atoms with Crippen LogP contribution in [0, 0.1) is 6.92 Å². The monoisotopic (exact) mass is 513 g/mol. The molecule has 0 saturated carbocycles. The van der Waals surface area contributed by atoms with Crippen molar-refractivity contribution in [1.29, 1.82) is 0 Å². The van der Waals surface area contributed by atoms with E-state index in [2.05, 4.69) is 27.6 Å². The van der Waals surface area contributed by atoms with Crippen LogP contribution < -0.4 is 14.8 Å². The number of ether oxygens (including phenoxy) is 1. The van der Waals surface area contributed by atoms with Crippen molar-refractivity contribution in [2.24, 2.45) is 0 Å².